The van der Waals surface area contributed by atoms with Gasteiger partial charge < -0.3 is 10.6 Å². The van der Waals surface area contributed by atoms with Gasteiger partial charge >= 0.3 is 0 Å². The van der Waals surface area contributed by atoms with Gasteiger partial charge in [-0.1, -0.05) is 13.8 Å². The highest BCUT2D eigenvalue weighted by molar-refractivity contribution is 7.98. The van der Waals surface area contributed by atoms with Crippen LogP contribution in [0.4, 0.5) is 0 Å². The van der Waals surface area contributed by atoms with Gasteiger partial charge in [0.25, 0.3) is 0 Å². The molecule has 0 spiro atoms. The summed E-state index contributed by atoms with van der Waals surface area (Å²) in [6, 6.07) is 0.609. The van der Waals surface area contributed by atoms with Crippen molar-refractivity contribution in [2.24, 2.45) is 0 Å². The third kappa shape index (κ3) is 10.3. The molecular weight excluding hydrogens is 168 g/mol. The Labute approximate surface area is 80.9 Å². The molecule has 0 aliphatic heterocycles. The van der Waals surface area contributed by atoms with E-state index in [0.717, 1.165) is 19.6 Å². The molecule has 0 fully saturated rings. The first-order chi connectivity index (χ1) is 5.77. The standard InChI is InChI=1S/C9H22N2S/c1-9(2)11-7-6-10-5-4-8-12-3/h9-11H,4-8H2,1-3H3. The monoisotopic (exact) mass is 190 g/mol. The van der Waals surface area contributed by atoms with Gasteiger partial charge in [-0.25, -0.2) is 0 Å². The molecule has 0 aromatic rings. The minimum atomic E-state index is 0.609. The van der Waals surface area contributed by atoms with Crippen LogP contribution in [0.25, 0.3) is 0 Å². The van der Waals surface area contributed by atoms with Crippen LogP contribution < -0.4 is 10.6 Å². The highest BCUT2D eigenvalue weighted by Gasteiger charge is 1.90. The second kappa shape index (κ2) is 9.36. The summed E-state index contributed by atoms with van der Waals surface area (Å²) in [6.45, 7) is 7.67. The summed E-state index contributed by atoms with van der Waals surface area (Å²) in [5.41, 5.74) is 0. The van der Waals surface area contributed by atoms with E-state index in [9.17, 15) is 0 Å². The molecule has 0 heterocycles. The smallest absolute Gasteiger partial charge is 0.00790 e. The third-order valence-electron chi connectivity index (χ3n) is 1.56. The van der Waals surface area contributed by atoms with E-state index in [2.05, 4.69) is 30.7 Å². The zero-order valence-corrected chi connectivity index (χ0v) is 9.34. The zero-order valence-electron chi connectivity index (χ0n) is 8.52. The van der Waals surface area contributed by atoms with E-state index < -0.39 is 0 Å². The van der Waals surface area contributed by atoms with E-state index in [1.807, 2.05) is 11.8 Å². The van der Waals surface area contributed by atoms with Gasteiger partial charge in [-0.3, -0.25) is 0 Å². The maximum absolute atomic E-state index is 3.40. The fraction of sp³-hybridized carbons (Fsp3) is 1.00. The maximum Gasteiger partial charge on any atom is 0.00790 e. The lowest BCUT2D eigenvalue weighted by Crippen LogP contribution is -2.32. The van der Waals surface area contributed by atoms with Crippen molar-refractivity contribution in [1.29, 1.82) is 0 Å². The Balaban J connectivity index is 2.82. The molecule has 0 saturated carbocycles. The number of hydrogen-bond acceptors (Lipinski definition) is 3. The van der Waals surface area contributed by atoms with Crippen molar-refractivity contribution in [1.82, 2.24) is 10.6 Å². The predicted octanol–water partition coefficient (Wildman–Crippen LogP) is 1.33. The summed E-state index contributed by atoms with van der Waals surface area (Å²) in [5.74, 6) is 1.27. The second-order valence-electron chi connectivity index (χ2n) is 3.21. The van der Waals surface area contributed by atoms with Crippen LogP contribution in [0.5, 0.6) is 0 Å². The minimum absolute atomic E-state index is 0.609. The Kier molecular flexibility index (Phi) is 9.57. The molecule has 0 aliphatic rings. The number of hydrogen-bond donors (Lipinski definition) is 2. The van der Waals surface area contributed by atoms with E-state index in [1.54, 1.807) is 0 Å². The second-order valence-corrected chi connectivity index (χ2v) is 4.19. The average molecular weight is 190 g/mol. The van der Waals surface area contributed by atoms with Crippen LogP contribution in [0.1, 0.15) is 20.3 Å². The SMILES string of the molecule is CSCCCNCCNC(C)C. The molecule has 0 atom stereocenters. The summed E-state index contributed by atoms with van der Waals surface area (Å²) >= 11 is 1.91. The van der Waals surface area contributed by atoms with Crippen molar-refractivity contribution in [2.45, 2.75) is 26.3 Å². The summed E-state index contributed by atoms with van der Waals surface area (Å²) in [5, 5.41) is 6.77. The van der Waals surface area contributed by atoms with Gasteiger partial charge in [0, 0.05) is 19.1 Å². The maximum atomic E-state index is 3.40. The Hall–Kier alpha value is 0.270. The summed E-state index contributed by atoms with van der Waals surface area (Å²) in [7, 11) is 0. The Morgan fingerprint density at radius 2 is 1.92 bits per heavy atom. The van der Waals surface area contributed by atoms with Crippen LogP contribution >= 0.6 is 11.8 Å². The molecule has 2 N–H and O–H groups in total. The van der Waals surface area contributed by atoms with Crippen LogP contribution in [0.15, 0.2) is 0 Å². The number of rotatable bonds is 8. The molecule has 0 aliphatic carbocycles. The lowest BCUT2D eigenvalue weighted by molar-refractivity contribution is 0.555. The first-order valence-electron chi connectivity index (χ1n) is 4.70. The third-order valence-corrected chi connectivity index (χ3v) is 2.25. The topological polar surface area (TPSA) is 24.1 Å². The molecule has 2 nitrogen and oxygen atoms in total. The molecule has 3 heteroatoms. The van der Waals surface area contributed by atoms with Crippen LogP contribution in [-0.4, -0.2) is 37.7 Å². The molecule has 0 aromatic heterocycles. The quantitative estimate of drug-likeness (QED) is 0.565. The van der Waals surface area contributed by atoms with Crippen LogP contribution in [0, 0.1) is 0 Å². The van der Waals surface area contributed by atoms with Crippen LogP contribution in [0.3, 0.4) is 0 Å². The Morgan fingerprint density at radius 1 is 1.17 bits per heavy atom. The van der Waals surface area contributed by atoms with Crippen molar-refractivity contribution in [3.05, 3.63) is 0 Å². The van der Waals surface area contributed by atoms with Crippen LogP contribution in [0.2, 0.25) is 0 Å². The van der Waals surface area contributed by atoms with Gasteiger partial charge in [0.15, 0.2) is 0 Å². The van der Waals surface area contributed by atoms with Gasteiger partial charge in [-0.15, -0.1) is 0 Å². The molecule has 0 radical (unpaired) electrons. The molecule has 0 aromatic carbocycles. The van der Waals surface area contributed by atoms with E-state index in [-0.39, 0.29) is 0 Å². The van der Waals surface area contributed by atoms with Gasteiger partial charge in [-0.2, -0.15) is 11.8 Å². The first-order valence-corrected chi connectivity index (χ1v) is 6.09. The fourth-order valence-electron chi connectivity index (χ4n) is 0.916. The van der Waals surface area contributed by atoms with Gasteiger partial charge in [0.2, 0.25) is 0 Å². The van der Waals surface area contributed by atoms with Crippen LogP contribution in [-0.2, 0) is 0 Å². The highest BCUT2D eigenvalue weighted by atomic mass is 32.2. The van der Waals surface area contributed by atoms with Crippen molar-refractivity contribution in [3.63, 3.8) is 0 Å². The molecule has 0 unspecified atom stereocenters. The average Bonchev–Trinajstić information content (AvgIpc) is 2.02. The van der Waals surface area contributed by atoms with Gasteiger partial charge in [0.1, 0.15) is 0 Å². The lowest BCUT2D eigenvalue weighted by Gasteiger charge is -2.08. The van der Waals surface area contributed by atoms with Crippen molar-refractivity contribution in [3.8, 4) is 0 Å². The highest BCUT2D eigenvalue weighted by Crippen LogP contribution is 1.92. The minimum Gasteiger partial charge on any atom is -0.315 e. The van der Waals surface area contributed by atoms with E-state index in [0.29, 0.717) is 6.04 Å². The normalized spacial score (nSPS) is 11.0. The van der Waals surface area contributed by atoms with Crippen molar-refractivity contribution >= 4 is 11.8 Å². The first kappa shape index (κ1) is 12.3. The lowest BCUT2D eigenvalue weighted by atomic mass is 10.4. The molecule has 74 valence electrons. The van der Waals surface area contributed by atoms with Gasteiger partial charge in [0.05, 0.1) is 0 Å². The summed E-state index contributed by atoms with van der Waals surface area (Å²) < 4.78 is 0. The molecule has 0 amide bonds. The number of nitrogens with one attached hydrogen (secondary N) is 2. The Morgan fingerprint density at radius 3 is 2.50 bits per heavy atom. The molecule has 0 rings (SSSR count). The fourth-order valence-corrected chi connectivity index (χ4v) is 1.35. The molecular formula is C9H22N2S. The van der Waals surface area contributed by atoms with Crippen molar-refractivity contribution in [2.75, 3.05) is 31.6 Å². The number of thioether (sulfide) groups is 1. The van der Waals surface area contributed by atoms with E-state index in [1.165, 1.54) is 12.2 Å². The summed E-state index contributed by atoms with van der Waals surface area (Å²) in [6.07, 6.45) is 3.43. The molecule has 0 bridgehead atoms. The van der Waals surface area contributed by atoms with E-state index >= 15 is 0 Å². The molecule has 0 saturated heterocycles. The summed E-state index contributed by atoms with van der Waals surface area (Å²) in [4.78, 5) is 0. The predicted molar refractivity (Wildman–Crippen MR) is 59.0 cm³/mol. The largest absolute Gasteiger partial charge is 0.315 e. The molecule has 12 heavy (non-hydrogen) atoms. The van der Waals surface area contributed by atoms with E-state index in [4.69, 9.17) is 0 Å². The zero-order chi connectivity index (χ0) is 9.23. The van der Waals surface area contributed by atoms with Crippen molar-refractivity contribution < 1.29 is 0 Å². The van der Waals surface area contributed by atoms with Gasteiger partial charge in [-0.05, 0) is 25.0 Å². The Bertz CT molecular complexity index is 86.6.